The normalized spacial score (nSPS) is 21.3. The Morgan fingerprint density at radius 1 is 1.23 bits per heavy atom. The number of aromatic nitrogens is 2. The van der Waals surface area contributed by atoms with Gasteiger partial charge in [0.25, 0.3) is 0 Å². The van der Waals surface area contributed by atoms with Gasteiger partial charge in [0.15, 0.2) is 5.82 Å². The lowest BCUT2D eigenvalue weighted by molar-refractivity contribution is 0.231. The van der Waals surface area contributed by atoms with Gasteiger partial charge >= 0.3 is 6.03 Å². The van der Waals surface area contributed by atoms with E-state index >= 15 is 0 Å². The van der Waals surface area contributed by atoms with Crippen molar-refractivity contribution in [1.29, 1.82) is 0 Å². The summed E-state index contributed by atoms with van der Waals surface area (Å²) in [6.45, 7) is 3.87. The van der Waals surface area contributed by atoms with Crippen LogP contribution in [0.3, 0.4) is 0 Å². The highest BCUT2D eigenvalue weighted by molar-refractivity contribution is 5.97. The number of urea groups is 1. The van der Waals surface area contributed by atoms with Crippen molar-refractivity contribution in [2.45, 2.75) is 44.7 Å². The number of anilines is 2. The molecule has 2 fully saturated rings. The van der Waals surface area contributed by atoms with Crippen LogP contribution in [0.1, 0.15) is 31.4 Å². The van der Waals surface area contributed by atoms with Crippen molar-refractivity contribution in [2.75, 3.05) is 22.9 Å². The molecule has 4 heterocycles. The monoisotopic (exact) mass is 349 g/mol. The second-order valence-corrected chi connectivity index (χ2v) is 7.56. The summed E-state index contributed by atoms with van der Waals surface area (Å²) >= 11 is 0. The van der Waals surface area contributed by atoms with Crippen LogP contribution < -0.4 is 15.1 Å². The van der Waals surface area contributed by atoms with Gasteiger partial charge in [-0.05, 0) is 56.9 Å². The van der Waals surface area contributed by atoms with E-state index in [1.807, 2.05) is 30.0 Å². The number of fused-ring (bicyclic) bond motifs is 4. The molecule has 1 unspecified atom stereocenters. The number of carbonyl (C=O) groups is 1. The van der Waals surface area contributed by atoms with E-state index < -0.39 is 0 Å². The number of hydrogen-bond donors (Lipinski definition) is 1. The standard InChI is InChI=1S/C20H23N5O/c1-13-11-14(7-9-21-13)17-5-6-18-19(23-17)25(16-8-10-24(18)12-16)20(26)22-15-3-2-4-15/h5-7,9,11,15-16H,2-4,8,10,12H2,1H3,(H,22,26). The molecule has 2 aromatic rings. The van der Waals surface area contributed by atoms with Gasteiger partial charge in [0.1, 0.15) is 0 Å². The van der Waals surface area contributed by atoms with Crippen LogP contribution >= 0.6 is 0 Å². The highest BCUT2D eigenvalue weighted by Crippen LogP contribution is 2.40. The van der Waals surface area contributed by atoms with Crippen LogP contribution in [0.25, 0.3) is 11.3 Å². The summed E-state index contributed by atoms with van der Waals surface area (Å²) in [6, 6.07) is 8.72. The fourth-order valence-corrected chi connectivity index (χ4v) is 4.13. The van der Waals surface area contributed by atoms with Gasteiger partial charge in [-0.3, -0.25) is 9.88 Å². The summed E-state index contributed by atoms with van der Waals surface area (Å²) in [6.07, 6.45) is 6.20. The molecule has 0 aromatic carbocycles. The first-order valence-corrected chi connectivity index (χ1v) is 9.48. The molecule has 2 aliphatic heterocycles. The number of nitrogens with one attached hydrogen (secondary N) is 1. The maximum Gasteiger partial charge on any atom is 0.323 e. The van der Waals surface area contributed by atoms with E-state index in [4.69, 9.17) is 4.98 Å². The van der Waals surface area contributed by atoms with E-state index in [9.17, 15) is 4.79 Å². The fraction of sp³-hybridized carbons (Fsp3) is 0.450. The highest BCUT2D eigenvalue weighted by atomic mass is 16.2. The van der Waals surface area contributed by atoms with Crippen LogP contribution in [0.4, 0.5) is 16.3 Å². The second-order valence-electron chi connectivity index (χ2n) is 7.56. The van der Waals surface area contributed by atoms with Crippen LogP contribution in [0, 0.1) is 6.92 Å². The van der Waals surface area contributed by atoms with E-state index in [-0.39, 0.29) is 12.1 Å². The molecule has 0 radical (unpaired) electrons. The van der Waals surface area contributed by atoms with E-state index in [1.165, 1.54) is 6.42 Å². The zero-order valence-electron chi connectivity index (χ0n) is 15.0. The molecule has 1 N–H and O–H groups in total. The first-order chi connectivity index (χ1) is 12.7. The number of rotatable bonds is 2. The lowest BCUT2D eigenvalue weighted by atomic mass is 9.93. The minimum Gasteiger partial charge on any atom is -0.366 e. The average Bonchev–Trinajstić information content (AvgIpc) is 3.02. The summed E-state index contributed by atoms with van der Waals surface area (Å²) in [5.74, 6) is 0.794. The topological polar surface area (TPSA) is 61.4 Å². The summed E-state index contributed by atoms with van der Waals surface area (Å²) in [5.41, 5.74) is 3.95. The molecule has 1 atom stereocenters. The zero-order chi connectivity index (χ0) is 17.7. The Bertz CT molecular complexity index is 863. The lowest BCUT2D eigenvalue weighted by Crippen LogP contribution is -2.54. The van der Waals surface area contributed by atoms with Gasteiger partial charge in [-0.1, -0.05) is 0 Å². The van der Waals surface area contributed by atoms with Gasteiger partial charge in [-0.2, -0.15) is 0 Å². The number of aryl methyl sites for hydroxylation is 1. The minimum absolute atomic E-state index is 0.0121. The largest absolute Gasteiger partial charge is 0.366 e. The molecule has 2 bridgehead atoms. The Kier molecular flexibility index (Phi) is 3.58. The number of carbonyl (C=O) groups excluding carboxylic acids is 1. The molecule has 26 heavy (non-hydrogen) atoms. The van der Waals surface area contributed by atoms with Crippen molar-refractivity contribution in [1.82, 2.24) is 15.3 Å². The highest BCUT2D eigenvalue weighted by Gasteiger charge is 2.41. The van der Waals surface area contributed by atoms with Gasteiger partial charge in [-0.15, -0.1) is 0 Å². The molecule has 6 nitrogen and oxygen atoms in total. The van der Waals surface area contributed by atoms with E-state index in [1.54, 1.807) is 6.20 Å². The van der Waals surface area contributed by atoms with Crippen LogP contribution in [0.2, 0.25) is 0 Å². The lowest BCUT2D eigenvalue weighted by Gasteiger charge is -2.37. The van der Waals surface area contributed by atoms with Crippen molar-refractivity contribution in [3.8, 4) is 11.3 Å². The quantitative estimate of drug-likeness (QED) is 0.905. The Morgan fingerprint density at radius 3 is 2.88 bits per heavy atom. The van der Waals surface area contributed by atoms with E-state index in [0.717, 1.165) is 60.8 Å². The van der Waals surface area contributed by atoms with Gasteiger partial charge < -0.3 is 10.2 Å². The van der Waals surface area contributed by atoms with Crippen LogP contribution in [-0.4, -0.2) is 41.2 Å². The molecule has 1 aliphatic carbocycles. The van der Waals surface area contributed by atoms with Crippen LogP contribution in [-0.2, 0) is 0 Å². The van der Waals surface area contributed by atoms with Crippen LogP contribution in [0.15, 0.2) is 30.5 Å². The molecule has 0 spiro atoms. The molecule has 3 aliphatic rings. The molecule has 1 saturated carbocycles. The first kappa shape index (κ1) is 15.6. The smallest absolute Gasteiger partial charge is 0.323 e. The average molecular weight is 349 g/mol. The molecule has 1 saturated heterocycles. The number of hydrogen-bond acceptors (Lipinski definition) is 4. The summed E-state index contributed by atoms with van der Waals surface area (Å²) in [7, 11) is 0. The summed E-state index contributed by atoms with van der Waals surface area (Å²) in [5, 5.41) is 3.20. The Hall–Kier alpha value is -2.63. The molecule has 5 rings (SSSR count). The predicted octanol–water partition coefficient (Wildman–Crippen LogP) is 3.11. The maximum absolute atomic E-state index is 13.0. The zero-order valence-corrected chi connectivity index (χ0v) is 15.0. The summed E-state index contributed by atoms with van der Waals surface area (Å²) in [4.78, 5) is 26.4. The van der Waals surface area contributed by atoms with Crippen molar-refractivity contribution < 1.29 is 4.79 Å². The first-order valence-electron chi connectivity index (χ1n) is 9.48. The molecular weight excluding hydrogens is 326 g/mol. The molecular formula is C20H23N5O. The third-order valence-corrected chi connectivity index (χ3v) is 5.80. The van der Waals surface area contributed by atoms with Gasteiger partial charge in [0.05, 0.1) is 17.4 Å². The van der Waals surface area contributed by atoms with E-state index in [0.29, 0.717) is 6.04 Å². The third-order valence-electron chi connectivity index (χ3n) is 5.80. The Morgan fingerprint density at radius 2 is 2.12 bits per heavy atom. The van der Waals surface area contributed by atoms with Gasteiger partial charge in [0, 0.05) is 36.6 Å². The van der Waals surface area contributed by atoms with Crippen molar-refractivity contribution in [3.05, 3.63) is 36.2 Å². The molecule has 134 valence electrons. The Labute approximate surface area is 153 Å². The minimum atomic E-state index is 0.0121. The number of amides is 2. The van der Waals surface area contributed by atoms with E-state index in [2.05, 4.69) is 21.3 Å². The summed E-state index contributed by atoms with van der Waals surface area (Å²) < 4.78 is 0. The SMILES string of the molecule is Cc1cc(-c2ccc3c(n2)N(C(=O)NC2CCC2)C2CCN3C2)ccn1. The number of pyridine rings is 2. The molecule has 6 heteroatoms. The third kappa shape index (κ3) is 2.52. The van der Waals surface area contributed by atoms with Gasteiger partial charge in [-0.25, -0.2) is 9.78 Å². The fourth-order valence-electron chi connectivity index (χ4n) is 4.13. The van der Waals surface area contributed by atoms with Crippen molar-refractivity contribution in [3.63, 3.8) is 0 Å². The number of nitrogens with zero attached hydrogens (tertiary/aromatic N) is 4. The Balaban J connectivity index is 1.54. The molecule has 2 amide bonds. The second kappa shape index (κ2) is 5.97. The van der Waals surface area contributed by atoms with Crippen molar-refractivity contribution in [2.24, 2.45) is 0 Å². The van der Waals surface area contributed by atoms with Gasteiger partial charge in [0.2, 0.25) is 0 Å². The predicted molar refractivity (Wildman–Crippen MR) is 101 cm³/mol. The molecule has 2 aromatic heterocycles. The maximum atomic E-state index is 13.0. The van der Waals surface area contributed by atoms with Crippen molar-refractivity contribution >= 4 is 17.5 Å². The van der Waals surface area contributed by atoms with Crippen LogP contribution in [0.5, 0.6) is 0 Å².